The maximum absolute atomic E-state index is 10.4. The third-order valence-corrected chi connectivity index (χ3v) is 4.20. The summed E-state index contributed by atoms with van der Waals surface area (Å²) < 4.78 is 4.78. The van der Waals surface area contributed by atoms with Crippen LogP contribution in [-0.2, 0) is 4.74 Å². The van der Waals surface area contributed by atoms with Crippen molar-refractivity contribution in [3.8, 4) is 0 Å². The minimum absolute atomic E-state index is 0.245. The second-order valence-electron chi connectivity index (χ2n) is 4.80. The van der Waals surface area contributed by atoms with E-state index in [0.717, 1.165) is 18.3 Å². The molecule has 0 aromatic heterocycles. The van der Waals surface area contributed by atoms with Gasteiger partial charge in [-0.3, -0.25) is 5.32 Å². The molecule has 4 nitrogen and oxygen atoms in total. The van der Waals surface area contributed by atoms with Gasteiger partial charge in [-0.05, 0) is 37.0 Å². The van der Waals surface area contributed by atoms with E-state index in [-0.39, 0.29) is 6.23 Å². The lowest BCUT2D eigenvalue weighted by atomic mass is 9.85. The summed E-state index contributed by atoms with van der Waals surface area (Å²) in [6, 6.07) is 0.540. The Kier molecular flexibility index (Phi) is 1.74. The molecule has 0 spiro atoms. The van der Waals surface area contributed by atoms with Crippen LogP contribution in [0.4, 0.5) is 4.79 Å². The number of hydrogen-bond acceptors (Lipinski definition) is 3. The highest BCUT2D eigenvalue weighted by Crippen LogP contribution is 2.52. The Morgan fingerprint density at radius 1 is 1.29 bits per heavy atom. The maximum atomic E-state index is 10.4. The molecule has 4 heteroatoms. The summed E-state index contributed by atoms with van der Waals surface area (Å²) in [5.41, 5.74) is 0. The number of nitrogens with one attached hydrogen (secondary N) is 1. The van der Waals surface area contributed by atoms with E-state index in [1.807, 2.05) is 0 Å². The van der Waals surface area contributed by atoms with Gasteiger partial charge in [-0.1, -0.05) is 0 Å². The summed E-state index contributed by atoms with van der Waals surface area (Å²) in [7, 11) is 0. The molecule has 2 aliphatic carbocycles. The van der Waals surface area contributed by atoms with Crippen LogP contribution in [0.1, 0.15) is 25.7 Å². The number of carbonyl (C=O) groups is 1. The van der Waals surface area contributed by atoms with Gasteiger partial charge in [0.15, 0.2) is 6.23 Å². The molecular weight excluding hydrogens is 182 g/mol. The van der Waals surface area contributed by atoms with Crippen molar-refractivity contribution in [1.82, 2.24) is 5.32 Å². The zero-order valence-corrected chi connectivity index (χ0v) is 7.98. The van der Waals surface area contributed by atoms with Crippen molar-refractivity contribution in [3.05, 3.63) is 0 Å². The molecule has 3 fully saturated rings. The quantitative estimate of drug-likeness (QED) is 0.624. The van der Waals surface area contributed by atoms with Gasteiger partial charge in [0.25, 0.3) is 0 Å². The Hall–Kier alpha value is -0.770. The van der Waals surface area contributed by atoms with Gasteiger partial charge >= 0.3 is 6.16 Å². The van der Waals surface area contributed by atoms with E-state index < -0.39 is 6.16 Å². The molecule has 5 atom stereocenters. The molecule has 14 heavy (non-hydrogen) atoms. The molecule has 2 saturated carbocycles. The van der Waals surface area contributed by atoms with E-state index in [1.54, 1.807) is 0 Å². The first-order chi connectivity index (χ1) is 6.74. The Morgan fingerprint density at radius 2 is 2.07 bits per heavy atom. The van der Waals surface area contributed by atoms with Crippen molar-refractivity contribution in [2.24, 2.45) is 17.8 Å². The number of rotatable bonds is 1. The summed E-state index contributed by atoms with van der Waals surface area (Å²) in [6.45, 7) is 0. The molecule has 0 aromatic rings. The lowest BCUT2D eigenvalue weighted by molar-refractivity contribution is 0.0406. The molecule has 0 radical (unpaired) electrons. The summed E-state index contributed by atoms with van der Waals surface area (Å²) in [5, 5.41) is 11.8. The monoisotopic (exact) mass is 197 g/mol. The van der Waals surface area contributed by atoms with Crippen LogP contribution in [0.5, 0.6) is 0 Å². The van der Waals surface area contributed by atoms with Gasteiger partial charge in [0.2, 0.25) is 0 Å². The molecule has 1 unspecified atom stereocenters. The smallest absolute Gasteiger partial charge is 0.450 e. The number of ether oxygens (including phenoxy) is 1. The summed E-state index contributed by atoms with van der Waals surface area (Å²) in [6.07, 6.45) is 3.49. The SMILES string of the molecule is O=C(O)O[C@H]1C[C@@H]2[C@@H]3CCC(C3)[C@@H]2N1. The molecule has 1 aliphatic heterocycles. The van der Waals surface area contributed by atoms with E-state index in [2.05, 4.69) is 5.32 Å². The first kappa shape index (κ1) is 8.53. The summed E-state index contributed by atoms with van der Waals surface area (Å²) >= 11 is 0. The highest BCUT2D eigenvalue weighted by molar-refractivity contribution is 5.57. The topological polar surface area (TPSA) is 58.6 Å². The molecule has 1 heterocycles. The van der Waals surface area contributed by atoms with Crippen LogP contribution in [0.15, 0.2) is 0 Å². The number of hydrogen-bond donors (Lipinski definition) is 2. The second kappa shape index (κ2) is 2.86. The maximum Gasteiger partial charge on any atom is 0.507 e. The molecule has 78 valence electrons. The number of carboxylic acid groups (broad SMARTS) is 1. The van der Waals surface area contributed by atoms with E-state index >= 15 is 0 Å². The standard InChI is InChI=1S/C10H15NO3/c12-10(13)14-8-4-7-5-1-2-6(3-5)9(7)11-8/h5-9,11H,1-4H2,(H,12,13)/t5-,6?,7-,8+,9+/m1/s1. The lowest BCUT2D eigenvalue weighted by Crippen LogP contribution is -2.37. The van der Waals surface area contributed by atoms with Crippen molar-refractivity contribution < 1.29 is 14.6 Å². The molecule has 3 rings (SSSR count). The van der Waals surface area contributed by atoms with Crippen molar-refractivity contribution in [2.45, 2.75) is 38.0 Å². The van der Waals surface area contributed by atoms with Crippen LogP contribution < -0.4 is 5.32 Å². The third kappa shape index (κ3) is 1.13. The highest BCUT2D eigenvalue weighted by atomic mass is 16.7. The molecular formula is C10H15NO3. The van der Waals surface area contributed by atoms with Crippen LogP contribution in [0.3, 0.4) is 0 Å². The van der Waals surface area contributed by atoms with E-state index in [4.69, 9.17) is 9.84 Å². The lowest BCUT2D eigenvalue weighted by Gasteiger charge is -2.23. The van der Waals surface area contributed by atoms with Crippen LogP contribution in [0, 0.1) is 17.8 Å². The van der Waals surface area contributed by atoms with Crippen LogP contribution >= 0.6 is 0 Å². The molecule has 1 saturated heterocycles. The van der Waals surface area contributed by atoms with E-state index in [1.165, 1.54) is 19.3 Å². The molecule has 0 aromatic carbocycles. The van der Waals surface area contributed by atoms with Gasteiger partial charge in [-0.25, -0.2) is 4.79 Å². The first-order valence-corrected chi connectivity index (χ1v) is 5.39. The first-order valence-electron chi connectivity index (χ1n) is 5.39. The molecule has 0 amide bonds. The van der Waals surface area contributed by atoms with Crippen LogP contribution in [0.25, 0.3) is 0 Å². The van der Waals surface area contributed by atoms with Gasteiger partial charge in [0.1, 0.15) is 0 Å². The van der Waals surface area contributed by atoms with Crippen molar-refractivity contribution in [2.75, 3.05) is 0 Å². The largest absolute Gasteiger partial charge is 0.507 e. The minimum Gasteiger partial charge on any atom is -0.450 e. The summed E-state index contributed by atoms with van der Waals surface area (Å²) in [4.78, 5) is 10.4. The fourth-order valence-corrected chi connectivity index (χ4v) is 3.74. The van der Waals surface area contributed by atoms with Crippen molar-refractivity contribution in [3.63, 3.8) is 0 Å². The Labute approximate surface area is 82.6 Å². The zero-order valence-electron chi connectivity index (χ0n) is 7.98. The zero-order chi connectivity index (χ0) is 9.71. The number of fused-ring (bicyclic) bond motifs is 5. The fraction of sp³-hybridized carbons (Fsp3) is 0.900. The van der Waals surface area contributed by atoms with Crippen LogP contribution in [0.2, 0.25) is 0 Å². The Balaban J connectivity index is 1.68. The van der Waals surface area contributed by atoms with Gasteiger partial charge < -0.3 is 9.84 Å². The highest BCUT2D eigenvalue weighted by Gasteiger charge is 2.52. The minimum atomic E-state index is -1.16. The Morgan fingerprint density at radius 3 is 2.79 bits per heavy atom. The van der Waals surface area contributed by atoms with Crippen LogP contribution in [-0.4, -0.2) is 23.5 Å². The predicted molar refractivity (Wildman–Crippen MR) is 48.8 cm³/mol. The predicted octanol–water partition coefficient (Wildman–Crippen LogP) is 1.42. The third-order valence-electron chi connectivity index (χ3n) is 4.20. The summed E-state index contributed by atoms with van der Waals surface area (Å²) in [5.74, 6) is 2.30. The molecule has 3 aliphatic rings. The second-order valence-corrected chi connectivity index (χ2v) is 4.80. The van der Waals surface area contributed by atoms with Gasteiger partial charge in [-0.2, -0.15) is 0 Å². The van der Waals surface area contributed by atoms with Gasteiger partial charge in [-0.15, -0.1) is 0 Å². The van der Waals surface area contributed by atoms with E-state index in [0.29, 0.717) is 12.0 Å². The average molecular weight is 197 g/mol. The van der Waals surface area contributed by atoms with Crippen molar-refractivity contribution >= 4 is 6.16 Å². The average Bonchev–Trinajstić information content (AvgIpc) is 2.69. The van der Waals surface area contributed by atoms with E-state index in [9.17, 15) is 4.79 Å². The molecule has 2 bridgehead atoms. The van der Waals surface area contributed by atoms with Gasteiger partial charge in [0, 0.05) is 12.5 Å². The normalized spacial score (nSPS) is 49.3. The molecule has 2 N–H and O–H groups in total. The van der Waals surface area contributed by atoms with Gasteiger partial charge in [0.05, 0.1) is 0 Å². The fourth-order valence-electron chi connectivity index (χ4n) is 3.74. The Bertz CT molecular complexity index is 250. The van der Waals surface area contributed by atoms with Crippen molar-refractivity contribution in [1.29, 1.82) is 0 Å².